The molecule has 0 aromatic rings. The van der Waals surface area contributed by atoms with Crippen molar-refractivity contribution in [2.75, 3.05) is 145 Å². The summed E-state index contributed by atoms with van der Waals surface area (Å²) < 4.78 is 144. The van der Waals surface area contributed by atoms with Crippen molar-refractivity contribution >= 4 is 102 Å². The molecule has 0 aliphatic heterocycles. The topological polar surface area (TPSA) is 576 Å². The van der Waals surface area contributed by atoms with E-state index in [4.69, 9.17) is 83.1 Å². The van der Waals surface area contributed by atoms with Crippen LogP contribution >= 0.6 is 31.3 Å². The average Bonchev–Trinajstić information content (AvgIpc) is 0.895. The number of carbonyl (C=O) groups excluding carboxylic acids is 12. The quantitative estimate of drug-likeness (QED) is 0.0103. The van der Waals surface area contributed by atoms with Crippen LogP contribution in [0.5, 0.6) is 0 Å². The van der Waals surface area contributed by atoms with E-state index in [0.29, 0.717) is 25.7 Å². The lowest BCUT2D eigenvalue weighted by atomic mass is 10.3. The number of ether oxygens (including phenoxy) is 8. The minimum atomic E-state index is -4.61. The third kappa shape index (κ3) is 66.8. The van der Waals surface area contributed by atoms with Crippen molar-refractivity contribution in [1.82, 2.24) is 42.5 Å². The Labute approximate surface area is 652 Å². The highest BCUT2D eigenvalue weighted by Crippen LogP contribution is 2.50. The molecule has 0 radical (unpaired) electrons. The highest BCUT2D eigenvalue weighted by atomic mass is 31.2. The van der Waals surface area contributed by atoms with E-state index in [0.717, 1.165) is 0 Å². The predicted octanol–water partition coefficient (Wildman–Crippen LogP) is 1.62. The first-order chi connectivity index (χ1) is 52.5. The molecule has 0 aromatic heterocycles. The normalized spacial score (nSPS) is 15.4. The maximum atomic E-state index is 13.2. The Hall–Kier alpha value is -6.60. The summed E-state index contributed by atoms with van der Waals surface area (Å²) in [6.07, 6.45) is 1.36. The number of phosphoric ester groups is 4. The van der Waals surface area contributed by atoms with E-state index in [1.165, 1.54) is 67.5 Å². The second-order valence-corrected chi connectivity index (χ2v) is 30.2. The van der Waals surface area contributed by atoms with Crippen LogP contribution in [-0.2, 0) is 159 Å². The molecule has 44 nitrogen and oxygen atoms in total. The van der Waals surface area contributed by atoms with Gasteiger partial charge in [0.2, 0.25) is 47.3 Å². The van der Waals surface area contributed by atoms with Gasteiger partial charge in [0.05, 0.1) is 143 Å². The second kappa shape index (κ2) is 62.7. The Bertz CT molecular complexity index is 2880. The molecule has 0 aliphatic rings. The Morgan fingerprint density at radius 2 is 0.545 bits per heavy atom. The minimum Gasteiger partial charge on any atom is -0.463 e. The van der Waals surface area contributed by atoms with Gasteiger partial charge in [0, 0.05) is 107 Å². The van der Waals surface area contributed by atoms with Gasteiger partial charge < -0.3 is 90.2 Å². The first-order valence-corrected chi connectivity index (χ1v) is 41.1. The summed E-state index contributed by atoms with van der Waals surface area (Å²) in [7, 11) is -17.7. The number of rotatable bonds is 66. The maximum Gasteiger partial charge on any atom is 0.475 e. The van der Waals surface area contributed by atoms with E-state index < -0.39 is 178 Å². The van der Waals surface area contributed by atoms with Crippen LogP contribution in [0.4, 0.5) is 0 Å². The van der Waals surface area contributed by atoms with Gasteiger partial charge in [-0.05, 0) is 27.7 Å². The lowest BCUT2D eigenvalue weighted by Gasteiger charge is -2.22. The molecular weight excluding hydrogens is 1580 g/mol. The number of hydrogen-bond donors (Lipinski definition) is 10. The molecule has 0 bridgehead atoms. The summed E-state index contributed by atoms with van der Waals surface area (Å²) in [6.45, 7) is 19.9. The van der Waals surface area contributed by atoms with Crippen LogP contribution in [-0.4, -0.2) is 275 Å². The molecule has 12 atom stereocenters. The zero-order valence-electron chi connectivity index (χ0n) is 65.6. The van der Waals surface area contributed by atoms with Gasteiger partial charge in [-0.25, -0.2) is 18.3 Å². The monoisotopic (exact) mass is 1700 g/mol. The molecule has 0 aliphatic carbocycles. The van der Waals surface area contributed by atoms with Gasteiger partial charge in [0.1, 0.15) is 37.3 Å². The van der Waals surface area contributed by atoms with Crippen LogP contribution in [0.3, 0.4) is 0 Å². The summed E-state index contributed by atoms with van der Waals surface area (Å²) in [5.41, 5.74) is 0. The summed E-state index contributed by atoms with van der Waals surface area (Å²) in [4.78, 5) is 159. The summed E-state index contributed by atoms with van der Waals surface area (Å²) >= 11 is 0. The molecule has 0 rings (SSSR count). The van der Waals surface area contributed by atoms with Crippen LogP contribution in [0.1, 0.15) is 122 Å². The number of amides is 8. The average molecular weight is 1700 g/mol. The molecule has 112 heavy (non-hydrogen) atoms. The molecule has 0 fully saturated rings. The molecule has 0 saturated heterocycles. The molecule has 0 spiro atoms. The highest BCUT2D eigenvalue weighted by molar-refractivity contribution is 7.49. The molecule has 648 valence electrons. The van der Waals surface area contributed by atoms with E-state index in [1.54, 1.807) is 27.7 Å². The van der Waals surface area contributed by atoms with Crippen molar-refractivity contribution in [1.29, 1.82) is 0 Å². The van der Waals surface area contributed by atoms with Gasteiger partial charge in [-0.1, -0.05) is 12.2 Å². The number of nitrogens with one attached hydrogen (secondary N) is 8. The number of carbonyl (C=O) groups is 12. The van der Waals surface area contributed by atoms with E-state index in [1.807, 2.05) is 0 Å². The summed E-state index contributed by atoms with van der Waals surface area (Å²) in [5.74, 6) is -6.39. The predicted molar refractivity (Wildman–Crippen MR) is 393 cm³/mol. The Morgan fingerprint density at radius 1 is 0.321 bits per heavy atom. The highest BCUT2D eigenvalue weighted by Gasteiger charge is 2.32. The van der Waals surface area contributed by atoms with Crippen molar-refractivity contribution in [3.8, 4) is 0 Å². The van der Waals surface area contributed by atoms with Crippen LogP contribution < -0.4 is 42.5 Å². The molecule has 10 N–H and O–H groups in total. The zero-order valence-corrected chi connectivity index (χ0v) is 69.1. The third-order valence-corrected chi connectivity index (χ3v) is 17.7. The molecular formula is C64H116N8O36P4. The second-order valence-electron chi connectivity index (χ2n) is 24.0. The van der Waals surface area contributed by atoms with Crippen LogP contribution in [0.15, 0.2) is 25.3 Å². The fraction of sp³-hybridized carbons (Fsp3) is 0.750. The van der Waals surface area contributed by atoms with Crippen LogP contribution in [0.2, 0.25) is 0 Å². The molecule has 4 unspecified atom stereocenters. The van der Waals surface area contributed by atoms with E-state index in [9.17, 15) is 85.6 Å². The van der Waals surface area contributed by atoms with Gasteiger partial charge in [-0.2, -0.15) is 0 Å². The number of phosphoric acid groups is 4. The van der Waals surface area contributed by atoms with Gasteiger partial charge in [-0.3, -0.25) is 103 Å². The van der Waals surface area contributed by atoms with Gasteiger partial charge >= 0.3 is 55.2 Å². The number of hydrogen-bond acceptors (Lipinski definition) is 34. The van der Waals surface area contributed by atoms with Crippen molar-refractivity contribution in [2.45, 2.75) is 170 Å². The van der Waals surface area contributed by atoms with E-state index in [2.05, 4.69) is 55.7 Å². The van der Waals surface area contributed by atoms with E-state index >= 15 is 0 Å². The van der Waals surface area contributed by atoms with Crippen molar-refractivity contribution < 1.29 is 169 Å². The lowest BCUT2D eigenvalue weighted by Crippen LogP contribution is -2.40. The third-order valence-electron chi connectivity index (χ3n) is 12.8. The van der Waals surface area contributed by atoms with Gasteiger partial charge in [-0.15, -0.1) is 13.2 Å². The Balaban J connectivity index is 0. The molecule has 8 amide bonds. The molecule has 0 saturated carbocycles. The van der Waals surface area contributed by atoms with Crippen molar-refractivity contribution in [2.24, 2.45) is 0 Å². The SMILES string of the molecule is C=CCOP(=O)(OCCNC(=O)CC(=O)NCCOP(=O)(OCC=C)OC[C@H](COCC[C@@H](C)OC(C)=O)NC(C)=O)OC[C@@H](COCC[C@@H](C)OC(C)=O)NC(C)=O.CC(=O)N[C@H](COCC[C@@H](C)OC(C)=O)COP(=O)(O)OCCNC(=O)CC(=O)NCCOP(=O)(O)OC[C@H](COCC[C@@H](C)OC(C)=O)NC(C)=O. The van der Waals surface area contributed by atoms with Crippen molar-refractivity contribution in [3.05, 3.63) is 25.3 Å². The fourth-order valence-electron chi connectivity index (χ4n) is 8.20. The standard InChI is InChI=1S/C35H62N4O18P2.C29H54N4O18P2/c1-9-15-50-58(46,54-24-32(38-28(5)40)22-48-17-11-26(3)56-30(7)42)52-19-13-36-34(44)21-35(45)37-14-20-53-59(47,51-16-10-2)55-25-33(39-29(6)41)23-49-18-12-27(4)57-31(8)43;1-20(50-24(5)36)7-11-44-16-26(32-22(3)34)18-48-52(40,41)46-13-9-30-28(38)15-29(39)31-10-14-47-53(42,43)49-19-27(33-23(4)35)17-45-12-8-21(2)51-25(6)37/h9-10,26-27,32-33H,1-2,11-25H2,3-8H3,(H,36,44)(H,37,45)(H,38,40)(H,39,41);20-21,26-27H,7-19H2,1-6H3,(H,30,38)(H,31,39)(H,32,34)(H,33,35)(H,40,41)(H,42,43)/t26-,27-,32-,33+,58?,59?;20-,21-,26-,27+/m11/s1. The first-order valence-electron chi connectivity index (χ1n) is 35.2. The maximum absolute atomic E-state index is 13.2. The van der Waals surface area contributed by atoms with Crippen LogP contribution in [0.25, 0.3) is 0 Å². The van der Waals surface area contributed by atoms with Crippen molar-refractivity contribution in [3.63, 3.8) is 0 Å². The number of esters is 4. The fourth-order valence-corrected chi connectivity index (χ4v) is 12.1. The van der Waals surface area contributed by atoms with Gasteiger partial charge in [0.15, 0.2) is 0 Å². The molecule has 48 heteroatoms. The van der Waals surface area contributed by atoms with E-state index in [-0.39, 0.29) is 131 Å². The Morgan fingerprint density at radius 3 is 0.759 bits per heavy atom. The smallest absolute Gasteiger partial charge is 0.463 e. The van der Waals surface area contributed by atoms with Crippen LogP contribution in [0, 0.1) is 0 Å². The molecule has 0 aromatic carbocycles. The zero-order chi connectivity index (χ0) is 85.1. The Kier molecular flexibility index (Phi) is 60.2. The molecule has 0 heterocycles. The summed E-state index contributed by atoms with van der Waals surface area (Å²) in [6, 6.07) is -3.12. The lowest BCUT2D eigenvalue weighted by molar-refractivity contribution is -0.147. The van der Waals surface area contributed by atoms with Gasteiger partial charge in [0.25, 0.3) is 0 Å². The largest absolute Gasteiger partial charge is 0.475 e. The minimum absolute atomic E-state index is 0.0347. The first kappa shape index (κ1) is 107. The summed E-state index contributed by atoms with van der Waals surface area (Å²) in [5, 5.41) is 19.7.